The van der Waals surface area contributed by atoms with Gasteiger partial charge in [0.1, 0.15) is 0 Å². The van der Waals surface area contributed by atoms with E-state index in [-0.39, 0.29) is 20.1 Å². The molecule has 0 bridgehead atoms. The van der Waals surface area contributed by atoms with Crippen LogP contribution in [0.15, 0.2) is 0 Å². The minimum Gasteiger partial charge on any atom is -0.450 e. The Kier molecular flexibility index (Phi) is 6.95. The molecule has 5 heavy (non-hydrogen) atoms. The van der Waals surface area contributed by atoms with E-state index >= 15 is 0 Å². The van der Waals surface area contributed by atoms with Crippen molar-refractivity contribution in [3.63, 3.8) is 0 Å². The van der Waals surface area contributed by atoms with Gasteiger partial charge in [0.2, 0.25) is 0 Å². The maximum atomic E-state index is 8.56. The summed E-state index contributed by atoms with van der Waals surface area (Å²) in [5.41, 5.74) is 0. The molecular formula is CH2IrO3. The predicted octanol–water partition coefficient (Wildman–Crippen LogP) is 0.220. The summed E-state index contributed by atoms with van der Waals surface area (Å²) in [5.74, 6) is 0. The SMILES string of the molecule is O=C(O)O.[Ir]. The second-order valence-corrected chi connectivity index (χ2v) is 0.283. The molecule has 0 aliphatic rings. The van der Waals surface area contributed by atoms with Crippen molar-refractivity contribution in [3.8, 4) is 0 Å². The van der Waals surface area contributed by atoms with E-state index in [1.807, 2.05) is 0 Å². The van der Waals surface area contributed by atoms with Crippen molar-refractivity contribution in [1.29, 1.82) is 0 Å². The molecule has 0 saturated heterocycles. The van der Waals surface area contributed by atoms with Crippen molar-refractivity contribution in [2.75, 3.05) is 0 Å². The van der Waals surface area contributed by atoms with Crippen LogP contribution >= 0.6 is 0 Å². The fourth-order valence-corrected chi connectivity index (χ4v) is 0. The molecular weight excluding hydrogens is 252 g/mol. The Hall–Kier alpha value is -0.0806. The fourth-order valence-electron chi connectivity index (χ4n) is 0. The van der Waals surface area contributed by atoms with Crippen LogP contribution in [0.3, 0.4) is 0 Å². The van der Waals surface area contributed by atoms with Gasteiger partial charge in [-0.15, -0.1) is 0 Å². The first kappa shape index (κ1) is 8.87. The number of rotatable bonds is 0. The van der Waals surface area contributed by atoms with Crippen LogP contribution in [0.1, 0.15) is 0 Å². The molecule has 0 saturated carbocycles. The molecule has 0 aromatic carbocycles. The van der Waals surface area contributed by atoms with E-state index in [1.165, 1.54) is 0 Å². The molecule has 0 aromatic heterocycles. The van der Waals surface area contributed by atoms with E-state index in [1.54, 1.807) is 0 Å². The third-order valence-corrected chi connectivity index (χ3v) is 0. The molecule has 0 aliphatic heterocycles. The summed E-state index contributed by atoms with van der Waals surface area (Å²) >= 11 is 0. The van der Waals surface area contributed by atoms with Gasteiger partial charge in [0.15, 0.2) is 0 Å². The Balaban J connectivity index is 0. The van der Waals surface area contributed by atoms with Crippen molar-refractivity contribution in [2.24, 2.45) is 0 Å². The molecule has 2 N–H and O–H groups in total. The van der Waals surface area contributed by atoms with Crippen LogP contribution in [-0.2, 0) is 20.1 Å². The monoisotopic (exact) mass is 255 g/mol. The van der Waals surface area contributed by atoms with E-state index < -0.39 is 6.16 Å². The minimum atomic E-state index is -1.83. The minimum absolute atomic E-state index is 0. The Morgan fingerprint density at radius 1 is 1.40 bits per heavy atom. The normalized spacial score (nSPS) is 4.80. The van der Waals surface area contributed by atoms with Gasteiger partial charge in [-0.2, -0.15) is 0 Å². The van der Waals surface area contributed by atoms with Gasteiger partial charge in [-0.05, 0) is 0 Å². The van der Waals surface area contributed by atoms with Gasteiger partial charge in [0, 0.05) is 20.1 Å². The molecule has 0 unspecified atom stereocenters. The Morgan fingerprint density at radius 3 is 1.40 bits per heavy atom. The van der Waals surface area contributed by atoms with E-state index in [2.05, 4.69) is 0 Å². The zero-order valence-electron chi connectivity index (χ0n) is 2.14. The van der Waals surface area contributed by atoms with E-state index in [4.69, 9.17) is 15.0 Å². The molecule has 0 spiro atoms. The van der Waals surface area contributed by atoms with Crippen LogP contribution in [0, 0.1) is 0 Å². The molecule has 0 heterocycles. The van der Waals surface area contributed by atoms with Crippen molar-refractivity contribution in [1.82, 2.24) is 0 Å². The number of carboxylic acid groups (broad SMARTS) is 2. The maximum Gasteiger partial charge on any atom is 0.503 e. The topological polar surface area (TPSA) is 57.5 Å². The van der Waals surface area contributed by atoms with Crippen molar-refractivity contribution in [2.45, 2.75) is 0 Å². The molecule has 0 aliphatic carbocycles. The fraction of sp³-hybridized carbons (Fsp3) is 0. The first-order valence-corrected chi connectivity index (χ1v) is 0.651. The van der Waals surface area contributed by atoms with Gasteiger partial charge in [-0.1, -0.05) is 0 Å². The number of hydrogen-bond donors (Lipinski definition) is 2. The van der Waals surface area contributed by atoms with Crippen LogP contribution in [0.2, 0.25) is 0 Å². The van der Waals surface area contributed by atoms with Gasteiger partial charge in [0.05, 0.1) is 0 Å². The molecule has 33 valence electrons. The summed E-state index contributed by atoms with van der Waals surface area (Å²) < 4.78 is 0. The van der Waals surface area contributed by atoms with Gasteiger partial charge in [-0.3, -0.25) is 0 Å². The van der Waals surface area contributed by atoms with Gasteiger partial charge >= 0.3 is 6.16 Å². The molecule has 1 radical (unpaired) electrons. The Bertz CT molecular complexity index is 29.9. The molecule has 0 fully saturated rings. The standard InChI is InChI=1S/CH2O3.Ir/c2-1(3)4;/h(H2,2,3,4);. The third kappa shape index (κ3) is 2220. The van der Waals surface area contributed by atoms with Gasteiger partial charge in [0.25, 0.3) is 0 Å². The van der Waals surface area contributed by atoms with E-state index in [9.17, 15) is 0 Å². The molecule has 0 aromatic rings. The van der Waals surface area contributed by atoms with Crippen molar-refractivity contribution >= 4 is 6.16 Å². The van der Waals surface area contributed by atoms with E-state index in [0.29, 0.717) is 0 Å². The zero-order chi connectivity index (χ0) is 3.58. The smallest absolute Gasteiger partial charge is 0.450 e. The molecule has 0 amide bonds. The average molecular weight is 254 g/mol. The average Bonchev–Trinajstić information content (AvgIpc) is 0.811. The zero-order valence-corrected chi connectivity index (χ0v) is 4.53. The Labute approximate surface area is 42.0 Å². The first-order chi connectivity index (χ1) is 1.73. The van der Waals surface area contributed by atoms with Crippen LogP contribution in [-0.4, -0.2) is 16.4 Å². The number of carbonyl (C=O) groups is 1. The second-order valence-electron chi connectivity index (χ2n) is 0.283. The third-order valence-electron chi connectivity index (χ3n) is 0. The van der Waals surface area contributed by atoms with Crippen molar-refractivity contribution in [3.05, 3.63) is 0 Å². The summed E-state index contributed by atoms with van der Waals surface area (Å²) in [4.78, 5) is 8.56. The summed E-state index contributed by atoms with van der Waals surface area (Å²) in [6, 6.07) is 0. The summed E-state index contributed by atoms with van der Waals surface area (Å²) in [6.07, 6.45) is -1.83. The number of hydrogen-bond acceptors (Lipinski definition) is 1. The first-order valence-electron chi connectivity index (χ1n) is 0.651. The van der Waals surface area contributed by atoms with Crippen LogP contribution < -0.4 is 0 Å². The predicted molar refractivity (Wildman–Crippen MR) is 10.7 cm³/mol. The molecule has 4 heteroatoms. The van der Waals surface area contributed by atoms with Crippen molar-refractivity contribution < 1.29 is 35.1 Å². The second kappa shape index (κ2) is 3.92. The quantitative estimate of drug-likeness (QED) is 0.650. The van der Waals surface area contributed by atoms with Crippen LogP contribution in [0.5, 0.6) is 0 Å². The summed E-state index contributed by atoms with van der Waals surface area (Å²) in [6.45, 7) is 0. The molecule has 0 rings (SSSR count). The van der Waals surface area contributed by atoms with Gasteiger partial charge < -0.3 is 10.2 Å². The molecule has 0 atom stereocenters. The Morgan fingerprint density at radius 2 is 1.40 bits per heavy atom. The largest absolute Gasteiger partial charge is 0.503 e. The van der Waals surface area contributed by atoms with Crippen LogP contribution in [0.4, 0.5) is 4.79 Å². The summed E-state index contributed by atoms with van der Waals surface area (Å²) in [7, 11) is 0. The maximum absolute atomic E-state index is 8.56. The van der Waals surface area contributed by atoms with Gasteiger partial charge in [-0.25, -0.2) is 4.79 Å². The summed E-state index contributed by atoms with van der Waals surface area (Å²) in [5, 5.41) is 13.9. The van der Waals surface area contributed by atoms with E-state index in [0.717, 1.165) is 0 Å². The van der Waals surface area contributed by atoms with Crippen LogP contribution in [0.25, 0.3) is 0 Å². The molecule has 3 nitrogen and oxygen atoms in total.